The van der Waals surface area contributed by atoms with Gasteiger partial charge in [0.1, 0.15) is 0 Å². The lowest BCUT2D eigenvalue weighted by molar-refractivity contribution is 0.0890. The number of thiocarbonyl (C=S) groups is 1. The number of carbonyl (C=O) groups is 1. The number of nitrogens with zero attached hydrogens (tertiary/aromatic N) is 1. The quantitative estimate of drug-likeness (QED) is 0.430. The minimum absolute atomic E-state index is 0.267. The molecule has 116 valence electrons. The second-order valence-electron chi connectivity index (χ2n) is 4.80. The van der Waals surface area contributed by atoms with Crippen LogP contribution < -0.4 is 0 Å². The van der Waals surface area contributed by atoms with Gasteiger partial charge < -0.3 is 14.4 Å². The lowest BCUT2D eigenvalue weighted by Crippen LogP contribution is -2.41. The largest absolute Gasteiger partial charge is 0.458 e. The topological polar surface area (TPSA) is 38.8 Å². The Kier molecular flexibility index (Phi) is 7.66. The highest BCUT2D eigenvalue weighted by Crippen LogP contribution is 2.42. The Morgan fingerprint density at radius 3 is 2.30 bits per heavy atom. The fraction of sp³-hybridized carbons (Fsp3) is 0.857. The van der Waals surface area contributed by atoms with Crippen molar-refractivity contribution in [2.45, 2.75) is 57.8 Å². The molecule has 0 unspecified atom stereocenters. The average Bonchev–Trinajstić information content (AvgIpc) is 2.40. The van der Waals surface area contributed by atoms with Crippen molar-refractivity contribution in [1.29, 1.82) is 0 Å². The molecule has 4 nitrogen and oxygen atoms in total. The molecule has 0 spiro atoms. The molecule has 0 aromatic carbocycles. The zero-order valence-corrected chi connectivity index (χ0v) is 14.3. The summed E-state index contributed by atoms with van der Waals surface area (Å²) < 4.78 is 11.1. The zero-order chi connectivity index (χ0) is 15.0. The number of rotatable bonds is 5. The maximum Gasteiger partial charge on any atom is 0.371 e. The zero-order valence-electron chi connectivity index (χ0n) is 12.6. The number of carbonyl (C=O) groups excluding carboxylic acids is 1. The van der Waals surface area contributed by atoms with E-state index in [1.165, 1.54) is 6.42 Å². The molecule has 1 fully saturated rings. The van der Waals surface area contributed by atoms with Gasteiger partial charge in [-0.05, 0) is 58.7 Å². The van der Waals surface area contributed by atoms with Gasteiger partial charge in [-0.3, -0.25) is 0 Å². The van der Waals surface area contributed by atoms with Crippen LogP contribution in [0.3, 0.4) is 0 Å². The summed E-state index contributed by atoms with van der Waals surface area (Å²) in [5.41, 5.74) is 0. The number of ether oxygens (including phenoxy) is 2. The normalized spacial score (nSPS) is 17.4. The predicted molar refractivity (Wildman–Crippen MR) is 87.0 cm³/mol. The molecular formula is C14H25NO3S2. The SMILES string of the molecule is CCOC(=O)SC1(OC(=S)N(CC)CC)CCCCC1. The van der Waals surface area contributed by atoms with Gasteiger partial charge in [0.2, 0.25) is 0 Å². The molecule has 0 N–H and O–H groups in total. The maximum absolute atomic E-state index is 11.8. The number of thioether (sulfide) groups is 1. The molecule has 0 heterocycles. The van der Waals surface area contributed by atoms with Crippen molar-refractivity contribution in [2.75, 3.05) is 19.7 Å². The molecule has 1 rings (SSSR count). The van der Waals surface area contributed by atoms with Crippen LogP contribution in [0.25, 0.3) is 0 Å². The van der Waals surface area contributed by atoms with Gasteiger partial charge in [0, 0.05) is 24.9 Å². The second-order valence-corrected chi connectivity index (χ2v) is 6.43. The van der Waals surface area contributed by atoms with Crippen LogP contribution >= 0.6 is 24.0 Å². The van der Waals surface area contributed by atoms with E-state index in [2.05, 4.69) is 0 Å². The van der Waals surface area contributed by atoms with Crippen molar-refractivity contribution in [3.8, 4) is 0 Å². The standard InChI is InChI=1S/C14H25NO3S2/c1-4-15(5-2)12(19)18-14(10-8-7-9-11-14)20-13(16)17-6-3/h4-11H2,1-3H3. The fourth-order valence-corrected chi connectivity index (χ4v) is 3.88. The first-order valence-corrected chi connectivity index (χ1v) is 8.63. The van der Waals surface area contributed by atoms with Gasteiger partial charge in [-0.2, -0.15) is 0 Å². The van der Waals surface area contributed by atoms with E-state index in [1.807, 2.05) is 25.7 Å². The smallest absolute Gasteiger partial charge is 0.371 e. The van der Waals surface area contributed by atoms with Crippen LogP contribution in [0.4, 0.5) is 4.79 Å². The summed E-state index contributed by atoms with van der Waals surface area (Å²) in [6.07, 6.45) is 5.00. The molecule has 1 saturated carbocycles. The van der Waals surface area contributed by atoms with Gasteiger partial charge in [-0.25, -0.2) is 4.79 Å². The molecule has 1 aliphatic carbocycles. The summed E-state index contributed by atoms with van der Waals surface area (Å²) in [4.78, 5) is 13.3. The highest BCUT2D eigenvalue weighted by Gasteiger charge is 2.39. The Balaban J connectivity index is 2.72. The molecule has 0 aliphatic heterocycles. The van der Waals surface area contributed by atoms with Gasteiger partial charge in [-0.15, -0.1) is 0 Å². The average molecular weight is 319 g/mol. The van der Waals surface area contributed by atoms with Crippen molar-refractivity contribution in [2.24, 2.45) is 0 Å². The molecule has 0 radical (unpaired) electrons. The summed E-state index contributed by atoms with van der Waals surface area (Å²) in [6, 6.07) is 0. The van der Waals surface area contributed by atoms with Gasteiger partial charge in [0.25, 0.3) is 5.17 Å². The van der Waals surface area contributed by atoms with Crippen LogP contribution in [0.15, 0.2) is 0 Å². The molecule has 20 heavy (non-hydrogen) atoms. The lowest BCUT2D eigenvalue weighted by atomic mass is 9.97. The van der Waals surface area contributed by atoms with E-state index < -0.39 is 4.93 Å². The molecule has 0 bridgehead atoms. The van der Waals surface area contributed by atoms with Gasteiger partial charge in [0.15, 0.2) is 4.93 Å². The molecule has 0 amide bonds. The molecule has 0 saturated heterocycles. The van der Waals surface area contributed by atoms with Gasteiger partial charge >= 0.3 is 5.30 Å². The molecule has 0 atom stereocenters. The summed E-state index contributed by atoms with van der Waals surface area (Å²) in [5, 5.41) is 0.227. The van der Waals surface area contributed by atoms with Crippen molar-refractivity contribution >= 4 is 34.5 Å². The molecule has 1 aliphatic rings. The Morgan fingerprint density at radius 1 is 1.20 bits per heavy atom. The Hall–Kier alpha value is -0.490. The van der Waals surface area contributed by atoms with Crippen LogP contribution in [-0.4, -0.2) is 40.0 Å². The van der Waals surface area contributed by atoms with Crippen molar-refractivity contribution in [1.82, 2.24) is 4.90 Å². The lowest BCUT2D eigenvalue weighted by Gasteiger charge is -2.37. The van der Waals surface area contributed by atoms with Gasteiger partial charge in [-0.1, -0.05) is 6.42 Å². The van der Waals surface area contributed by atoms with E-state index in [9.17, 15) is 4.79 Å². The van der Waals surface area contributed by atoms with Crippen LogP contribution in [0, 0.1) is 0 Å². The Labute approximate surface area is 131 Å². The van der Waals surface area contributed by atoms with Crippen molar-refractivity contribution in [3.05, 3.63) is 0 Å². The van der Waals surface area contributed by atoms with Crippen LogP contribution in [-0.2, 0) is 9.47 Å². The van der Waals surface area contributed by atoms with Crippen molar-refractivity contribution in [3.63, 3.8) is 0 Å². The highest BCUT2D eigenvalue weighted by atomic mass is 32.2. The summed E-state index contributed by atoms with van der Waals surface area (Å²) in [5.74, 6) is 0. The fourth-order valence-electron chi connectivity index (χ4n) is 2.32. The predicted octanol–water partition coefficient (Wildman–Crippen LogP) is 4.18. The van der Waals surface area contributed by atoms with Crippen LogP contribution in [0.1, 0.15) is 52.9 Å². The van der Waals surface area contributed by atoms with E-state index in [1.54, 1.807) is 0 Å². The minimum Gasteiger partial charge on any atom is -0.458 e. The highest BCUT2D eigenvalue weighted by molar-refractivity contribution is 8.14. The minimum atomic E-state index is -0.538. The van der Waals surface area contributed by atoms with Gasteiger partial charge in [0.05, 0.1) is 6.61 Å². The number of hydrogen-bond acceptors (Lipinski definition) is 5. The molecular weight excluding hydrogens is 294 g/mol. The first kappa shape index (κ1) is 17.6. The van der Waals surface area contributed by atoms with E-state index in [4.69, 9.17) is 21.7 Å². The monoisotopic (exact) mass is 319 g/mol. The number of hydrogen-bond donors (Lipinski definition) is 0. The summed E-state index contributed by atoms with van der Waals surface area (Å²) in [6.45, 7) is 7.93. The van der Waals surface area contributed by atoms with E-state index in [0.29, 0.717) is 11.8 Å². The second kappa shape index (κ2) is 8.72. The third-order valence-electron chi connectivity index (χ3n) is 3.44. The van der Waals surface area contributed by atoms with Crippen LogP contribution in [0.5, 0.6) is 0 Å². The molecule has 0 aromatic rings. The first-order chi connectivity index (χ1) is 9.56. The third-order valence-corrected chi connectivity index (χ3v) is 4.93. The van der Waals surface area contributed by atoms with Crippen LogP contribution in [0.2, 0.25) is 0 Å². The van der Waals surface area contributed by atoms with E-state index in [-0.39, 0.29) is 5.30 Å². The van der Waals surface area contributed by atoms with Crippen molar-refractivity contribution < 1.29 is 14.3 Å². The third kappa shape index (κ3) is 5.13. The summed E-state index contributed by atoms with van der Waals surface area (Å²) in [7, 11) is 0. The Bertz CT molecular complexity index is 326. The van der Waals surface area contributed by atoms with E-state index in [0.717, 1.165) is 50.5 Å². The maximum atomic E-state index is 11.8. The first-order valence-electron chi connectivity index (χ1n) is 7.40. The Morgan fingerprint density at radius 2 is 1.80 bits per heavy atom. The van der Waals surface area contributed by atoms with E-state index >= 15 is 0 Å². The molecule has 0 aromatic heterocycles. The molecule has 6 heteroatoms. The summed E-state index contributed by atoms with van der Waals surface area (Å²) >= 11 is 6.54.